The SMILES string of the molecule is Cc1cccc(NC(=O)n2c(C)cc3c(F)c(Oc4cc(CN(C)C)ncn4)ccc32)c1. The van der Waals surface area contributed by atoms with Crippen LogP contribution >= 0.6 is 0 Å². The van der Waals surface area contributed by atoms with Crippen LogP contribution < -0.4 is 10.1 Å². The molecule has 164 valence electrons. The Kier molecular flexibility index (Phi) is 5.87. The minimum Gasteiger partial charge on any atom is -0.436 e. The smallest absolute Gasteiger partial charge is 0.330 e. The molecule has 7 nitrogen and oxygen atoms in total. The van der Waals surface area contributed by atoms with E-state index in [1.165, 1.54) is 17.0 Å². The first-order valence-electron chi connectivity index (χ1n) is 10.1. The fourth-order valence-corrected chi connectivity index (χ4v) is 3.56. The van der Waals surface area contributed by atoms with Gasteiger partial charge in [0.05, 0.1) is 11.2 Å². The summed E-state index contributed by atoms with van der Waals surface area (Å²) in [5.74, 6) is -0.271. The lowest BCUT2D eigenvalue weighted by Gasteiger charge is -2.11. The molecular formula is C24H24FN5O2. The van der Waals surface area contributed by atoms with Crippen LogP contribution in [0.1, 0.15) is 17.0 Å². The average molecular weight is 433 g/mol. The maximum Gasteiger partial charge on any atom is 0.330 e. The fraction of sp³-hybridized carbons (Fsp3) is 0.208. The number of carbonyl (C=O) groups is 1. The summed E-state index contributed by atoms with van der Waals surface area (Å²) in [5, 5.41) is 3.16. The van der Waals surface area contributed by atoms with Gasteiger partial charge in [-0.3, -0.25) is 4.57 Å². The van der Waals surface area contributed by atoms with E-state index in [1.807, 2.05) is 50.2 Å². The lowest BCUT2D eigenvalue weighted by Crippen LogP contribution is -2.20. The van der Waals surface area contributed by atoms with Crippen LogP contribution in [0.2, 0.25) is 0 Å². The number of benzene rings is 2. The predicted molar refractivity (Wildman–Crippen MR) is 122 cm³/mol. The zero-order valence-corrected chi connectivity index (χ0v) is 18.4. The lowest BCUT2D eigenvalue weighted by atomic mass is 10.2. The van der Waals surface area contributed by atoms with Crippen LogP contribution in [0.15, 0.2) is 54.9 Å². The monoisotopic (exact) mass is 433 g/mol. The molecule has 0 spiro atoms. The number of carbonyl (C=O) groups excluding carboxylic acids is 1. The molecule has 2 aromatic heterocycles. The molecule has 2 heterocycles. The molecule has 0 unspecified atom stereocenters. The van der Waals surface area contributed by atoms with E-state index >= 15 is 4.39 Å². The number of nitrogens with one attached hydrogen (secondary N) is 1. The number of nitrogens with zero attached hydrogens (tertiary/aromatic N) is 4. The van der Waals surface area contributed by atoms with Crippen LogP contribution in [0.3, 0.4) is 0 Å². The Balaban J connectivity index is 1.63. The van der Waals surface area contributed by atoms with Gasteiger partial charge in [0, 0.05) is 29.4 Å². The van der Waals surface area contributed by atoms with E-state index in [4.69, 9.17) is 4.74 Å². The van der Waals surface area contributed by atoms with E-state index in [-0.39, 0.29) is 17.7 Å². The highest BCUT2D eigenvalue weighted by molar-refractivity contribution is 6.00. The Morgan fingerprint density at radius 2 is 1.94 bits per heavy atom. The third kappa shape index (κ3) is 4.45. The van der Waals surface area contributed by atoms with Crippen molar-refractivity contribution in [3.8, 4) is 11.6 Å². The van der Waals surface area contributed by atoms with Crippen LogP contribution in [0.4, 0.5) is 14.9 Å². The second-order valence-corrected chi connectivity index (χ2v) is 7.92. The summed E-state index contributed by atoms with van der Waals surface area (Å²) in [6.07, 6.45) is 1.39. The second kappa shape index (κ2) is 8.76. The number of aromatic nitrogens is 3. The molecule has 4 rings (SSSR count). The number of fused-ring (bicyclic) bond motifs is 1. The van der Waals surface area contributed by atoms with Gasteiger partial charge in [-0.2, -0.15) is 0 Å². The molecule has 8 heteroatoms. The van der Waals surface area contributed by atoms with Crippen molar-refractivity contribution in [3.05, 3.63) is 77.6 Å². The van der Waals surface area contributed by atoms with E-state index in [0.717, 1.165) is 11.3 Å². The summed E-state index contributed by atoms with van der Waals surface area (Å²) < 4.78 is 22.4. The lowest BCUT2D eigenvalue weighted by molar-refractivity contribution is 0.254. The second-order valence-electron chi connectivity index (χ2n) is 7.92. The Bertz CT molecular complexity index is 1300. The molecule has 0 saturated heterocycles. The predicted octanol–water partition coefficient (Wildman–Crippen LogP) is 5.12. The molecule has 0 atom stereocenters. The summed E-state index contributed by atoms with van der Waals surface area (Å²) in [7, 11) is 3.86. The van der Waals surface area contributed by atoms with Crippen LogP contribution in [0.5, 0.6) is 11.6 Å². The molecule has 0 aliphatic rings. The number of aryl methyl sites for hydroxylation is 2. The average Bonchev–Trinajstić information content (AvgIpc) is 3.07. The highest BCUT2D eigenvalue weighted by atomic mass is 19.1. The summed E-state index contributed by atoms with van der Waals surface area (Å²) in [6.45, 7) is 4.32. The molecule has 0 radical (unpaired) electrons. The van der Waals surface area contributed by atoms with E-state index in [1.54, 1.807) is 25.1 Å². The van der Waals surface area contributed by atoms with E-state index in [0.29, 0.717) is 28.8 Å². The molecule has 32 heavy (non-hydrogen) atoms. The number of rotatable bonds is 5. The van der Waals surface area contributed by atoms with Gasteiger partial charge in [-0.1, -0.05) is 12.1 Å². The number of ether oxygens (including phenoxy) is 1. The third-order valence-corrected chi connectivity index (χ3v) is 4.93. The summed E-state index contributed by atoms with van der Waals surface area (Å²) in [4.78, 5) is 23.1. The Morgan fingerprint density at radius 3 is 2.69 bits per heavy atom. The van der Waals surface area contributed by atoms with Crippen molar-refractivity contribution in [1.82, 2.24) is 19.4 Å². The molecule has 1 amide bonds. The number of amides is 1. The largest absolute Gasteiger partial charge is 0.436 e. The van der Waals surface area contributed by atoms with E-state index < -0.39 is 5.82 Å². The van der Waals surface area contributed by atoms with Gasteiger partial charge in [0.25, 0.3) is 0 Å². The van der Waals surface area contributed by atoms with Gasteiger partial charge in [0.2, 0.25) is 5.88 Å². The molecule has 0 aliphatic heterocycles. The summed E-state index contributed by atoms with van der Waals surface area (Å²) >= 11 is 0. The van der Waals surface area contributed by atoms with Crippen LogP contribution in [-0.4, -0.2) is 39.6 Å². The van der Waals surface area contributed by atoms with Crippen molar-refractivity contribution < 1.29 is 13.9 Å². The van der Waals surface area contributed by atoms with E-state index in [2.05, 4.69) is 15.3 Å². The van der Waals surface area contributed by atoms with Crippen LogP contribution in [0.25, 0.3) is 10.9 Å². The van der Waals surface area contributed by atoms with Crippen molar-refractivity contribution in [2.45, 2.75) is 20.4 Å². The van der Waals surface area contributed by atoms with Crippen LogP contribution in [0, 0.1) is 19.7 Å². The zero-order valence-electron chi connectivity index (χ0n) is 18.4. The third-order valence-electron chi connectivity index (χ3n) is 4.93. The molecule has 0 fully saturated rings. The topological polar surface area (TPSA) is 72.3 Å². The van der Waals surface area contributed by atoms with Crippen molar-refractivity contribution in [2.24, 2.45) is 0 Å². The fourth-order valence-electron chi connectivity index (χ4n) is 3.56. The Morgan fingerprint density at radius 1 is 1.12 bits per heavy atom. The first-order chi connectivity index (χ1) is 15.3. The van der Waals surface area contributed by atoms with Gasteiger partial charge in [-0.05, 0) is 63.8 Å². The number of hydrogen-bond donors (Lipinski definition) is 1. The minimum atomic E-state index is -0.555. The van der Waals surface area contributed by atoms with Gasteiger partial charge in [-0.15, -0.1) is 0 Å². The molecule has 4 aromatic rings. The molecule has 0 bridgehead atoms. The summed E-state index contributed by atoms with van der Waals surface area (Å²) in [6, 6.07) is 13.6. The Hall–Kier alpha value is -3.78. The molecular weight excluding hydrogens is 409 g/mol. The van der Waals surface area contributed by atoms with Crippen LogP contribution in [-0.2, 0) is 6.54 Å². The number of halogens is 1. The molecule has 1 N–H and O–H groups in total. The molecule has 0 saturated carbocycles. The van der Waals surface area contributed by atoms with Crippen molar-refractivity contribution in [1.29, 1.82) is 0 Å². The zero-order chi connectivity index (χ0) is 22.8. The van der Waals surface area contributed by atoms with Crippen molar-refractivity contribution in [2.75, 3.05) is 19.4 Å². The van der Waals surface area contributed by atoms with Crippen molar-refractivity contribution in [3.63, 3.8) is 0 Å². The van der Waals surface area contributed by atoms with Gasteiger partial charge >= 0.3 is 6.03 Å². The van der Waals surface area contributed by atoms with Crippen molar-refractivity contribution >= 4 is 22.6 Å². The quantitative estimate of drug-likeness (QED) is 0.473. The first-order valence-corrected chi connectivity index (χ1v) is 10.1. The van der Waals surface area contributed by atoms with E-state index in [9.17, 15) is 4.79 Å². The number of anilines is 1. The van der Waals surface area contributed by atoms with Gasteiger partial charge in [-0.25, -0.2) is 19.2 Å². The maximum atomic E-state index is 15.3. The van der Waals surface area contributed by atoms with Gasteiger partial charge in [0.15, 0.2) is 11.6 Å². The Labute approximate surface area is 185 Å². The number of hydrogen-bond acceptors (Lipinski definition) is 5. The first kappa shape index (κ1) is 21.5. The summed E-state index contributed by atoms with van der Waals surface area (Å²) in [5.41, 5.74) is 3.53. The normalized spacial score (nSPS) is 11.2. The molecule has 0 aliphatic carbocycles. The highest BCUT2D eigenvalue weighted by Crippen LogP contribution is 2.31. The van der Waals surface area contributed by atoms with Gasteiger partial charge in [0.1, 0.15) is 6.33 Å². The maximum absolute atomic E-state index is 15.3. The van der Waals surface area contributed by atoms with Gasteiger partial charge < -0.3 is 15.0 Å². The molecule has 2 aromatic carbocycles. The minimum absolute atomic E-state index is 0.0308. The standard InChI is InChI=1S/C24H24FN5O2/c1-15-6-5-7-17(10-15)28-24(31)30-16(2)11-19-20(30)8-9-21(23(19)25)32-22-12-18(13-29(3)4)26-14-27-22/h5-12,14H,13H2,1-4H3,(H,28,31). The highest BCUT2D eigenvalue weighted by Gasteiger charge is 2.19.